The van der Waals surface area contributed by atoms with Gasteiger partial charge >= 0.3 is 0 Å². The summed E-state index contributed by atoms with van der Waals surface area (Å²) in [5.74, 6) is -0.0200. The van der Waals surface area contributed by atoms with E-state index < -0.39 is 0 Å². The first-order chi connectivity index (χ1) is 6.17. The Morgan fingerprint density at radius 2 is 2.23 bits per heavy atom. The van der Waals surface area contributed by atoms with Crippen LogP contribution in [0, 0.1) is 3.57 Å². The van der Waals surface area contributed by atoms with E-state index in [1.54, 1.807) is 6.08 Å². The monoisotopic (exact) mass is 290 g/mol. The molecule has 0 amide bonds. The zero-order valence-corrected chi connectivity index (χ0v) is 9.71. The van der Waals surface area contributed by atoms with Crippen LogP contribution in [0.2, 0.25) is 0 Å². The van der Waals surface area contributed by atoms with Crippen molar-refractivity contribution in [1.29, 1.82) is 0 Å². The molecule has 2 heteroatoms. The molecule has 0 saturated carbocycles. The number of alkyl halides is 1. The average molecular weight is 290 g/mol. The number of halogens is 2. The fourth-order valence-electron chi connectivity index (χ4n) is 1.13. The zero-order chi connectivity index (χ0) is 9.84. The number of hydrogen-bond donors (Lipinski definition) is 0. The van der Waals surface area contributed by atoms with E-state index in [0.29, 0.717) is 0 Å². The quantitative estimate of drug-likeness (QED) is 0.738. The summed E-state index contributed by atoms with van der Waals surface area (Å²) in [6.45, 7) is 5.28. The lowest BCUT2D eigenvalue weighted by atomic mass is 10.0. The molecule has 1 aromatic carbocycles. The molecule has 0 radical (unpaired) electrons. The Kier molecular flexibility index (Phi) is 3.90. The lowest BCUT2D eigenvalue weighted by Gasteiger charge is -2.08. The third-order valence-corrected chi connectivity index (χ3v) is 2.60. The molecule has 0 aliphatic carbocycles. The van der Waals surface area contributed by atoms with E-state index in [-0.39, 0.29) is 12.6 Å². The van der Waals surface area contributed by atoms with Gasteiger partial charge in [0.2, 0.25) is 0 Å². The molecule has 0 aromatic heterocycles. The van der Waals surface area contributed by atoms with Crippen molar-refractivity contribution in [3.8, 4) is 0 Å². The molecular formula is C11H12FI. The first kappa shape index (κ1) is 10.7. The minimum Gasteiger partial charge on any atom is -0.250 e. The van der Waals surface area contributed by atoms with Gasteiger partial charge in [0.15, 0.2) is 0 Å². The van der Waals surface area contributed by atoms with Gasteiger partial charge in [-0.15, -0.1) is 0 Å². The van der Waals surface area contributed by atoms with E-state index in [4.69, 9.17) is 0 Å². The largest absolute Gasteiger partial charge is 0.250 e. The Hall–Kier alpha value is -0.380. The van der Waals surface area contributed by atoms with Crippen LogP contribution < -0.4 is 0 Å². The normalized spacial score (nSPS) is 12.5. The SMILES string of the molecule is C=Cc1cc(I)cc(C(C)CF)c1. The summed E-state index contributed by atoms with van der Waals surface area (Å²) >= 11 is 2.23. The molecule has 13 heavy (non-hydrogen) atoms. The van der Waals surface area contributed by atoms with Crippen molar-refractivity contribution in [3.63, 3.8) is 0 Å². The smallest absolute Gasteiger partial charge is 0.0960 e. The van der Waals surface area contributed by atoms with E-state index in [9.17, 15) is 4.39 Å². The summed E-state index contributed by atoms with van der Waals surface area (Å²) in [6.07, 6.45) is 1.79. The third-order valence-electron chi connectivity index (χ3n) is 1.98. The first-order valence-corrected chi connectivity index (χ1v) is 5.24. The van der Waals surface area contributed by atoms with E-state index in [1.807, 2.05) is 25.1 Å². The molecule has 0 N–H and O–H groups in total. The van der Waals surface area contributed by atoms with Crippen molar-refractivity contribution in [2.24, 2.45) is 0 Å². The second-order valence-electron chi connectivity index (χ2n) is 3.08. The van der Waals surface area contributed by atoms with Gasteiger partial charge in [-0.05, 0) is 45.9 Å². The topological polar surface area (TPSA) is 0 Å². The van der Waals surface area contributed by atoms with Gasteiger partial charge in [0.1, 0.15) is 0 Å². The Morgan fingerprint density at radius 3 is 2.77 bits per heavy atom. The van der Waals surface area contributed by atoms with Gasteiger partial charge in [0.05, 0.1) is 6.67 Å². The van der Waals surface area contributed by atoms with Gasteiger partial charge in [-0.2, -0.15) is 0 Å². The van der Waals surface area contributed by atoms with E-state index in [2.05, 4.69) is 29.2 Å². The molecule has 0 bridgehead atoms. The minimum atomic E-state index is -0.309. The van der Waals surface area contributed by atoms with E-state index >= 15 is 0 Å². The van der Waals surface area contributed by atoms with Gasteiger partial charge in [-0.1, -0.05) is 25.6 Å². The van der Waals surface area contributed by atoms with Gasteiger partial charge < -0.3 is 0 Å². The van der Waals surface area contributed by atoms with Crippen molar-refractivity contribution >= 4 is 28.7 Å². The summed E-state index contributed by atoms with van der Waals surface area (Å²) in [5, 5.41) is 0. The Morgan fingerprint density at radius 1 is 1.54 bits per heavy atom. The maximum absolute atomic E-state index is 12.4. The van der Waals surface area contributed by atoms with Gasteiger partial charge in [-0.3, -0.25) is 4.39 Å². The van der Waals surface area contributed by atoms with Crippen LogP contribution in [0.3, 0.4) is 0 Å². The van der Waals surface area contributed by atoms with Crippen molar-refractivity contribution in [2.75, 3.05) is 6.67 Å². The maximum atomic E-state index is 12.4. The molecular weight excluding hydrogens is 278 g/mol. The lowest BCUT2D eigenvalue weighted by Crippen LogP contribution is -1.96. The van der Waals surface area contributed by atoms with Crippen molar-refractivity contribution in [1.82, 2.24) is 0 Å². The molecule has 0 saturated heterocycles. The summed E-state index contributed by atoms with van der Waals surface area (Å²) in [6, 6.07) is 6.03. The van der Waals surface area contributed by atoms with Crippen LogP contribution in [-0.2, 0) is 0 Å². The summed E-state index contributed by atoms with van der Waals surface area (Å²) in [4.78, 5) is 0. The zero-order valence-electron chi connectivity index (χ0n) is 7.56. The minimum absolute atomic E-state index is 0.0200. The van der Waals surface area contributed by atoms with E-state index in [0.717, 1.165) is 14.7 Å². The Bertz CT molecular complexity index is 307. The first-order valence-electron chi connectivity index (χ1n) is 4.16. The summed E-state index contributed by atoms with van der Waals surface area (Å²) < 4.78 is 13.5. The molecule has 0 spiro atoms. The number of benzene rings is 1. The molecule has 1 rings (SSSR count). The second-order valence-corrected chi connectivity index (χ2v) is 4.32. The van der Waals surface area contributed by atoms with Crippen LogP contribution in [-0.4, -0.2) is 6.67 Å². The molecule has 1 unspecified atom stereocenters. The molecule has 0 nitrogen and oxygen atoms in total. The molecule has 1 atom stereocenters. The summed E-state index contributed by atoms with van der Waals surface area (Å²) in [5.41, 5.74) is 2.10. The van der Waals surface area contributed by atoms with Gasteiger partial charge in [-0.25, -0.2) is 0 Å². The van der Waals surface area contributed by atoms with Gasteiger partial charge in [0.25, 0.3) is 0 Å². The van der Waals surface area contributed by atoms with E-state index in [1.165, 1.54) is 0 Å². The fraction of sp³-hybridized carbons (Fsp3) is 0.273. The van der Waals surface area contributed by atoms with Crippen molar-refractivity contribution in [2.45, 2.75) is 12.8 Å². The number of hydrogen-bond acceptors (Lipinski definition) is 0. The third kappa shape index (κ3) is 2.79. The molecule has 70 valence electrons. The van der Waals surface area contributed by atoms with Crippen LogP contribution >= 0.6 is 22.6 Å². The molecule has 0 aliphatic heterocycles. The van der Waals surface area contributed by atoms with Crippen LogP contribution in [0.4, 0.5) is 4.39 Å². The van der Waals surface area contributed by atoms with Crippen LogP contribution in [0.15, 0.2) is 24.8 Å². The second kappa shape index (κ2) is 4.74. The standard InChI is InChI=1S/C11H12FI/c1-3-9-4-10(8(2)7-12)6-11(13)5-9/h3-6,8H,1,7H2,2H3. The summed E-state index contributed by atoms with van der Waals surface area (Å²) in [7, 11) is 0. The predicted molar refractivity (Wildman–Crippen MR) is 63.6 cm³/mol. The fourth-order valence-corrected chi connectivity index (χ4v) is 1.85. The highest BCUT2D eigenvalue weighted by atomic mass is 127. The lowest BCUT2D eigenvalue weighted by molar-refractivity contribution is 0.447. The van der Waals surface area contributed by atoms with Crippen LogP contribution in [0.5, 0.6) is 0 Å². The van der Waals surface area contributed by atoms with Crippen LogP contribution in [0.1, 0.15) is 24.0 Å². The van der Waals surface area contributed by atoms with Crippen LogP contribution in [0.25, 0.3) is 6.08 Å². The number of rotatable bonds is 3. The van der Waals surface area contributed by atoms with Gasteiger partial charge in [0, 0.05) is 9.49 Å². The Balaban J connectivity index is 3.07. The highest BCUT2D eigenvalue weighted by molar-refractivity contribution is 14.1. The maximum Gasteiger partial charge on any atom is 0.0960 e. The molecule has 0 heterocycles. The molecule has 0 aliphatic rings. The molecule has 0 fully saturated rings. The molecule has 1 aromatic rings. The average Bonchev–Trinajstić information content (AvgIpc) is 2.15. The Labute approximate surface area is 92.0 Å². The highest BCUT2D eigenvalue weighted by Gasteiger charge is 2.05. The van der Waals surface area contributed by atoms with Crippen molar-refractivity contribution < 1.29 is 4.39 Å². The van der Waals surface area contributed by atoms with Crippen molar-refractivity contribution in [3.05, 3.63) is 39.5 Å². The predicted octanol–water partition coefficient (Wildman–Crippen LogP) is 4.01. The highest BCUT2D eigenvalue weighted by Crippen LogP contribution is 2.21.